The quantitative estimate of drug-likeness (QED) is 0.843. The van der Waals surface area contributed by atoms with Crippen molar-refractivity contribution >= 4 is 5.82 Å². The van der Waals surface area contributed by atoms with Gasteiger partial charge in [-0.05, 0) is 25.5 Å². The van der Waals surface area contributed by atoms with Crippen LogP contribution in [0.5, 0.6) is 0 Å². The summed E-state index contributed by atoms with van der Waals surface area (Å²) in [5, 5.41) is 14.9. The Morgan fingerprint density at radius 3 is 3.25 bits per heavy atom. The zero-order valence-electron chi connectivity index (χ0n) is 11.9. The fourth-order valence-corrected chi connectivity index (χ4v) is 2.81. The minimum atomic E-state index is -0.137. The minimum Gasteiger partial charge on any atom is -0.377 e. The van der Waals surface area contributed by atoms with Gasteiger partial charge in [0.1, 0.15) is 11.4 Å². The molecule has 0 saturated carbocycles. The first-order chi connectivity index (χ1) is 9.76. The zero-order valence-corrected chi connectivity index (χ0v) is 11.9. The number of aryl methyl sites for hydroxylation is 1. The van der Waals surface area contributed by atoms with Crippen LogP contribution >= 0.6 is 0 Å². The van der Waals surface area contributed by atoms with E-state index >= 15 is 0 Å². The number of aromatic nitrogens is 2. The number of anilines is 1. The second-order valence-corrected chi connectivity index (χ2v) is 5.73. The molecule has 0 aromatic carbocycles. The third-order valence-electron chi connectivity index (χ3n) is 3.89. The molecular formula is C14H22N4O2. The molecule has 0 radical (unpaired) electrons. The van der Waals surface area contributed by atoms with Crippen molar-refractivity contribution in [3.8, 4) is 0 Å². The molecule has 1 aromatic rings. The van der Waals surface area contributed by atoms with E-state index in [1.54, 1.807) is 0 Å². The molecule has 0 amide bonds. The molecule has 0 aliphatic carbocycles. The molecule has 2 fully saturated rings. The first kappa shape index (κ1) is 13.7. The molecule has 1 aromatic heterocycles. The van der Waals surface area contributed by atoms with Crippen LogP contribution in [0.2, 0.25) is 0 Å². The molecule has 110 valence electrons. The predicted molar refractivity (Wildman–Crippen MR) is 75.7 cm³/mol. The predicted octanol–water partition coefficient (Wildman–Crippen LogP) is 0.592. The number of nitrogens with zero attached hydrogens (tertiary/aromatic N) is 2. The molecule has 2 N–H and O–H groups in total. The largest absolute Gasteiger partial charge is 0.377 e. The Hall–Kier alpha value is -1.24. The summed E-state index contributed by atoms with van der Waals surface area (Å²) >= 11 is 0. The van der Waals surface area contributed by atoms with E-state index in [0.29, 0.717) is 12.5 Å². The molecule has 20 heavy (non-hydrogen) atoms. The maximum absolute atomic E-state index is 6.02. The summed E-state index contributed by atoms with van der Waals surface area (Å²) in [5.41, 5.74) is 0.794. The Morgan fingerprint density at radius 1 is 1.45 bits per heavy atom. The molecule has 1 spiro atoms. The second-order valence-electron chi connectivity index (χ2n) is 5.73. The highest BCUT2D eigenvalue weighted by molar-refractivity contribution is 5.32. The SMILES string of the molecule is Cc1ccc(NC[C@@H]2CO[C@@]3(CNCCOC3)C2)nn1. The second kappa shape index (κ2) is 6.03. The lowest BCUT2D eigenvalue weighted by Crippen LogP contribution is -2.42. The molecule has 0 bridgehead atoms. The van der Waals surface area contributed by atoms with Gasteiger partial charge >= 0.3 is 0 Å². The van der Waals surface area contributed by atoms with Crippen LogP contribution in [-0.2, 0) is 9.47 Å². The van der Waals surface area contributed by atoms with E-state index in [2.05, 4.69) is 20.8 Å². The summed E-state index contributed by atoms with van der Waals surface area (Å²) in [7, 11) is 0. The fourth-order valence-electron chi connectivity index (χ4n) is 2.81. The van der Waals surface area contributed by atoms with Gasteiger partial charge in [0.25, 0.3) is 0 Å². The molecule has 6 nitrogen and oxygen atoms in total. The number of rotatable bonds is 3. The van der Waals surface area contributed by atoms with Gasteiger partial charge < -0.3 is 20.1 Å². The van der Waals surface area contributed by atoms with Crippen molar-refractivity contribution in [1.29, 1.82) is 0 Å². The van der Waals surface area contributed by atoms with Crippen LogP contribution in [0.1, 0.15) is 12.1 Å². The van der Waals surface area contributed by atoms with Crippen LogP contribution in [0.4, 0.5) is 5.82 Å². The van der Waals surface area contributed by atoms with E-state index < -0.39 is 0 Å². The molecule has 2 atom stereocenters. The van der Waals surface area contributed by atoms with Crippen LogP contribution < -0.4 is 10.6 Å². The first-order valence-electron chi connectivity index (χ1n) is 7.22. The van der Waals surface area contributed by atoms with Gasteiger partial charge in [-0.25, -0.2) is 0 Å². The van der Waals surface area contributed by atoms with Crippen LogP contribution in [-0.4, -0.2) is 55.3 Å². The van der Waals surface area contributed by atoms with Crippen LogP contribution in [0.15, 0.2) is 12.1 Å². The molecule has 3 heterocycles. The lowest BCUT2D eigenvalue weighted by molar-refractivity contribution is -0.0471. The number of nitrogens with one attached hydrogen (secondary N) is 2. The third kappa shape index (κ3) is 3.26. The highest BCUT2D eigenvalue weighted by Crippen LogP contribution is 2.31. The van der Waals surface area contributed by atoms with E-state index in [1.807, 2.05) is 19.1 Å². The van der Waals surface area contributed by atoms with Gasteiger partial charge in [-0.1, -0.05) is 0 Å². The molecular weight excluding hydrogens is 256 g/mol. The van der Waals surface area contributed by atoms with Gasteiger partial charge in [0, 0.05) is 25.6 Å². The smallest absolute Gasteiger partial charge is 0.148 e. The van der Waals surface area contributed by atoms with Gasteiger partial charge in [-0.15, -0.1) is 5.10 Å². The Kier molecular flexibility index (Phi) is 4.14. The van der Waals surface area contributed by atoms with Crippen LogP contribution in [0.25, 0.3) is 0 Å². The van der Waals surface area contributed by atoms with Crippen molar-refractivity contribution in [2.24, 2.45) is 5.92 Å². The van der Waals surface area contributed by atoms with Gasteiger partial charge in [-0.2, -0.15) is 5.10 Å². The number of ether oxygens (including phenoxy) is 2. The van der Waals surface area contributed by atoms with Crippen LogP contribution in [0.3, 0.4) is 0 Å². The molecule has 6 heteroatoms. The fraction of sp³-hybridized carbons (Fsp3) is 0.714. The van der Waals surface area contributed by atoms with Gasteiger partial charge in [0.2, 0.25) is 0 Å². The van der Waals surface area contributed by atoms with E-state index in [-0.39, 0.29) is 5.60 Å². The normalized spacial score (nSPS) is 30.4. The first-order valence-corrected chi connectivity index (χ1v) is 7.22. The van der Waals surface area contributed by atoms with E-state index in [9.17, 15) is 0 Å². The average molecular weight is 278 g/mol. The number of hydrogen-bond acceptors (Lipinski definition) is 6. The summed E-state index contributed by atoms with van der Waals surface area (Å²) in [6.07, 6.45) is 1.02. The summed E-state index contributed by atoms with van der Waals surface area (Å²) in [6, 6.07) is 3.93. The number of hydrogen-bond donors (Lipinski definition) is 2. The van der Waals surface area contributed by atoms with E-state index in [1.165, 1.54) is 0 Å². The van der Waals surface area contributed by atoms with Crippen molar-refractivity contribution < 1.29 is 9.47 Å². The molecule has 2 aliphatic rings. The highest BCUT2D eigenvalue weighted by Gasteiger charge is 2.41. The maximum atomic E-state index is 6.02. The summed E-state index contributed by atoms with van der Waals surface area (Å²) < 4.78 is 11.6. The lowest BCUT2D eigenvalue weighted by Gasteiger charge is -2.25. The van der Waals surface area contributed by atoms with Crippen molar-refractivity contribution in [3.63, 3.8) is 0 Å². The monoisotopic (exact) mass is 278 g/mol. The molecule has 3 rings (SSSR count). The summed E-state index contributed by atoms with van der Waals surface area (Å²) in [6.45, 7) is 6.83. The Labute approximate surface area is 119 Å². The molecule has 2 aliphatic heterocycles. The van der Waals surface area contributed by atoms with Gasteiger partial charge in [0.05, 0.1) is 25.5 Å². The van der Waals surface area contributed by atoms with Crippen LogP contribution in [0, 0.1) is 12.8 Å². The Bertz CT molecular complexity index is 429. The highest BCUT2D eigenvalue weighted by atomic mass is 16.5. The maximum Gasteiger partial charge on any atom is 0.148 e. The summed E-state index contributed by atoms with van der Waals surface area (Å²) in [5.74, 6) is 1.31. The lowest BCUT2D eigenvalue weighted by atomic mass is 9.94. The molecule has 2 saturated heterocycles. The Morgan fingerprint density at radius 2 is 2.40 bits per heavy atom. The topological polar surface area (TPSA) is 68.3 Å². The van der Waals surface area contributed by atoms with Crippen molar-refractivity contribution in [2.75, 3.05) is 44.8 Å². The van der Waals surface area contributed by atoms with Gasteiger partial charge in [-0.3, -0.25) is 0 Å². The molecule has 0 unspecified atom stereocenters. The van der Waals surface area contributed by atoms with E-state index in [4.69, 9.17) is 9.47 Å². The standard InChI is InChI=1S/C14H22N4O2/c1-11-2-3-13(18-17-11)16-7-12-6-14(20-8-12)9-15-4-5-19-10-14/h2-3,12,15H,4-10H2,1H3,(H,16,18)/t12-,14-/m1/s1. The van der Waals surface area contributed by atoms with Gasteiger partial charge in [0.15, 0.2) is 0 Å². The zero-order chi connectivity index (χ0) is 13.8. The Balaban J connectivity index is 1.51. The van der Waals surface area contributed by atoms with E-state index in [0.717, 1.165) is 50.8 Å². The minimum absolute atomic E-state index is 0.137. The third-order valence-corrected chi connectivity index (χ3v) is 3.89. The van der Waals surface area contributed by atoms with Crippen molar-refractivity contribution in [2.45, 2.75) is 18.9 Å². The average Bonchev–Trinajstić information content (AvgIpc) is 2.71. The van der Waals surface area contributed by atoms with Crippen molar-refractivity contribution in [3.05, 3.63) is 17.8 Å². The summed E-state index contributed by atoms with van der Waals surface area (Å²) in [4.78, 5) is 0. The van der Waals surface area contributed by atoms with Crippen molar-refractivity contribution in [1.82, 2.24) is 15.5 Å².